The summed E-state index contributed by atoms with van der Waals surface area (Å²) < 4.78 is 7.27. The van der Waals surface area contributed by atoms with Gasteiger partial charge in [0.1, 0.15) is 0 Å². The van der Waals surface area contributed by atoms with Crippen LogP contribution in [0.25, 0.3) is 64.3 Å². The molecule has 0 amide bonds. The number of fused-ring (bicyclic) bond motifs is 7. The predicted molar refractivity (Wildman–Crippen MR) is 150 cm³/mol. The molecule has 0 fully saturated rings. The van der Waals surface area contributed by atoms with Crippen LogP contribution < -0.4 is 0 Å². The van der Waals surface area contributed by atoms with Gasteiger partial charge in [0.05, 0.1) is 11.0 Å². The van der Waals surface area contributed by atoms with Crippen molar-refractivity contribution in [3.05, 3.63) is 122 Å². The summed E-state index contributed by atoms with van der Waals surface area (Å²) in [5, 5.41) is 5.27. The summed E-state index contributed by atoms with van der Waals surface area (Å²) in [6.45, 7) is 0. The average molecular weight is 465 g/mol. The molecular weight excluding hydrogens is 444 g/mol. The molecule has 0 aliphatic rings. The maximum absolute atomic E-state index is 2.41. The van der Waals surface area contributed by atoms with Crippen molar-refractivity contribution in [3.8, 4) is 16.8 Å². The van der Waals surface area contributed by atoms with Gasteiger partial charge in [0.2, 0.25) is 0 Å². The second-order valence-corrected chi connectivity index (χ2v) is 10.2. The molecule has 8 rings (SSSR count). The van der Waals surface area contributed by atoms with Crippen LogP contribution in [0.4, 0.5) is 0 Å². The Hall–Kier alpha value is -4.34. The van der Waals surface area contributed by atoms with Crippen LogP contribution in [-0.2, 0) is 0 Å². The molecule has 2 nitrogen and oxygen atoms in total. The molecule has 35 heavy (non-hydrogen) atoms. The van der Waals surface area contributed by atoms with Crippen LogP contribution in [0.2, 0.25) is 0 Å². The SMILES string of the molecule is c1ccc2c(c1)sc1cc3c4ccccc4n(-c4ccc(-c5cc6ccccn6c5)cc4)c3cc12. The van der Waals surface area contributed by atoms with Crippen LogP contribution in [0, 0.1) is 0 Å². The van der Waals surface area contributed by atoms with E-state index in [0.717, 1.165) is 0 Å². The third-order valence-corrected chi connectivity index (χ3v) is 8.27. The van der Waals surface area contributed by atoms with Crippen LogP contribution in [0.1, 0.15) is 0 Å². The smallest absolute Gasteiger partial charge is 0.0548 e. The Morgan fingerprint density at radius 3 is 2.20 bits per heavy atom. The van der Waals surface area contributed by atoms with E-state index in [0.29, 0.717) is 0 Å². The van der Waals surface area contributed by atoms with Gasteiger partial charge in [-0.1, -0.05) is 54.6 Å². The zero-order valence-corrected chi connectivity index (χ0v) is 19.7. The summed E-state index contributed by atoms with van der Waals surface area (Å²) in [7, 11) is 0. The first kappa shape index (κ1) is 19.0. The maximum Gasteiger partial charge on any atom is 0.0548 e. The molecule has 0 bridgehead atoms. The standard InChI is InChI=1S/C32H20N2S/c1-3-10-29-25(8-1)27-19-32-28(26-9-2-4-11-31(26)35-32)18-30(27)34(29)23-14-12-21(13-15-23)22-17-24-7-5-6-16-33(24)20-22/h1-20H. The highest BCUT2D eigenvalue weighted by Gasteiger charge is 2.15. The minimum Gasteiger partial charge on any atom is -0.323 e. The molecule has 0 aliphatic heterocycles. The van der Waals surface area contributed by atoms with Crippen LogP contribution in [-0.4, -0.2) is 8.97 Å². The molecule has 3 heteroatoms. The molecule has 0 N–H and O–H groups in total. The maximum atomic E-state index is 2.41. The number of benzene rings is 4. The highest BCUT2D eigenvalue weighted by Crippen LogP contribution is 2.40. The Balaban J connectivity index is 1.36. The summed E-state index contributed by atoms with van der Waals surface area (Å²) in [5.74, 6) is 0. The molecule has 0 atom stereocenters. The van der Waals surface area contributed by atoms with Gasteiger partial charge in [-0.25, -0.2) is 0 Å². The first-order valence-corrected chi connectivity index (χ1v) is 12.7. The van der Waals surface area contributed by atoms with Crippen molar-refractivity contribution in [1.82, 2.24) is 8.97 Å². The summed E-state index contributed by atoms with van der Waals surface area (Å²) in [4.78, 5) is 0. The first-order chi connectivity index (χ1) is 17.3. The van der Waals surface area contributed by atoms with Gasteiger partial charge in [-0.3, -0.25) is 0 Å². The van der Waals surface area contributed by atoms with Gasteiger partial charge in [0.15, 0.2) is 0 Å². The molecule has 0 spiro atoms. The molecular formula is C32H20N2S. The van der Waals surface area contributed by atoms with Crippen LogP contribution in [0.15, 0.2) is 122 Å². The van der Waals surface area contributed by atoms with Crippen molar-refractivity contribution in [1.29, 1.82) is 0 Å². The molecule has 4 aromatic carbocycles. The normalized spacial score (nSPS) is 12.0. The van der Waals surface area contributed by atoms with E-state index in [1.165, 1.54) is 64.3 Å². The average Bonchev–Trinajstić information content (AvgIpc) is 3.59. The van der Waals surface area contributed by atoms with Gasteiger partial charge in [-0.15, -0.1) is 11.3 Å². The summed E-state index contributed by atoms with van der Waals surface area (Å²) in [6.07, 6.45) is 4.30. The molecule has 4 aromatic heterocycles. The molecule has 8 aromatic rings. The fourth-order valence-electron chi connectivity index (χ4n) is 5.48. The van der Waals surface area contributed by atoms with E-state index in [-0.39, 0.29) is 0 Å². The number of nitrogens with zero attached hydrogens (tertiary/aromatic N) is 2. The van der Waals surface area contributed by atoms with E-state index in [1.54, 1.807) is 0 Å². The van der Waals surface area contributed by atoms with Crippen molar-refractivity contribution >= 4 is 58.8 Å². The van der Waals surface area contributed by atoms with Gasteiger partial charge >= 0.3 is 0 Å². The zero-order valence-electron chi connectivity index (χ0n) is 18.8. The van der Waals surface area contributed by atoms with Gasteiger partial charge < -0.3 is 8.97 Å². The van der Waals surface area contributed by atoms with E-state index in [4.69, 9.17) is 0 Å². The Bertz CT molecular complexity index is 2020. The monoisotopic (exact) mass is 464 g/mol. The van der Waals surface area contributed by atoms with Crippen LogP contribution >= 0.6 is 11.3 Å². The van der Waals surface area contributed by atoms with Crippen molar-refractivity contribution in [2.45, 2.75) is 0 Å². The van der Waals surface area contributed by atoms with Gasteiger partial charge in [0.25, 0.3) is 0 Å². The lowest BCUT2D eigenvalue weighted by Crippen LogP contribution is -1.93. The van der Waals surface area contributed by atoms with Crippen molar-refractivity contribution < 1.29 is 0 Å². The van der Waals surface area contributed by atoms with E-state index < -0.39 is 0 Å². The Labute approximate surface area is 205 Å². The van der Waals surface area contributed by atoms with Crippen LogP contribution in [0.5, 0.6) is 0 Å². The van der Waals surface area contributed by atoms with Gasteiger partial charge in [-0.05, 0) is 60.2 Å². The van der Waals surface area contributed by atoms with Crippen molar-refractivity contribution in [2.75, 3.05) is 0 Å². The Morgan fingerprint density at radius 1 is 0.514 bits per heavy atom. The fraction of sp³-hybridized carbons (Fsp3) is 0. The minimum absolute atomic E-state index is 1.18. The summed E-state index contributed by atoms with van der Waals surface area (Å²) in [5.41, 5.74) is 7.35. The molecule has 0 aliphatic carbocycles. The third kappa shape index (κ3) is 2.76. The number of aromatic nitrogens is 2. The zero-order chi connectivity index (χ0) is 22.9. The largest absolute Gasteiger partial charge is 0.323 e. The number of para-hydroxylation sites is 1. The highest BCUT2D eigenvalue weighted by atomic mass is 32.1. The van der Waals surface area contributed by atoms with E-state index in [2.05, 4.69) is 131 Å². The molecule has 0 radical (unpaired) electrons. The topological polar surface area (TPSA) is 9.34 Å². The number of thiophene rings is 1. The third-order valence-electron chi connectivity index (χ3n) is 7.13. The van der Waals surface area contributed by atoms with Crippen molar-refractivity contribution in [2.24, 2.45) is 0 Å². The quantitative estimate of drug-likeness (QED) is 0.241. The van der Waals surface area contributed by atoms with E-state index in [1.807, 2.05) is 11.3 Å². The van der Waals surface area contributed by atoms with E-state index >= 15 is 0 Å². The lowest BCUT2D eigenvalue weighted by Gasteiger charge is -2.09. The number of pyridine rings is 1. The minimum atomic E-state index is 1.18. The predicted octanol–water partition coefficient (Wildman–Crippen LogP) is 9.07. The number of hydrogen-bond donors (Lipinski definition) is 0. The number of rotatable bonds is 2. The van der Waals surface area contributed by atoms with Gasteiger partial charge in [0, 0.05) is 60.1 Å². The second kappa shape index (κ2) is 7.08. The van der Waals surface area contributed by atoms with Crippen LogP contribution in [0.3, 0.4) is 0 Å². The first-order valence-electron chi connectivity index (χ1n) is 11.9. The Kier molecular flexibility index (Phi) is 3.85. The van der Waals surface area contributed by atoms with Crippen molar-refractivity contribution in [3.63, 3.8) is 0 Å². The summed E-state index contributed by atoms with van der Waals surface area (Å²) in [6, 6.07) is 39.8. The molecule has 164 valence electrons. The highest BCUT2D eigenvalue weighted by molar-refractivity contribution is 7.25. The molecule has 0 saturated heterocycles. The lowest BCUT2D eigenvalue weighted by molar-refractivity contribution is 1.18. The molecule has 0 saturated carbocycles. The molecule has 4 heterocycles. The lowest BCUT2D eigenvalue weighted by atomic mass is 10.1. The summed E-state index contributed by atoms with van der Waals surface area (Å²) >= 11 is 1.88. The molecule has 0 unspecified atom stereocenters. The number of hydrogen-bond acceptors (Lipinski definition) is 1. The second-order valence-electron chi connectivity index (χ2n) is 9.12. The van der Waals surface area contributed by atoms with Gasteiger partial charge in [-0.2, -0.15) is 0 Å². The Morgan fingerprint density at radius 2 is 1.31 bits per heavy atom. The fourth-order valence-corrected chi connectivity index (χ4v) is 6.61. The van der Waals surface area contributed by atoms with E-state index in [9.17, 15) is 0 Å².